The number of hydrogen-bond acceptors (Lipinski definition) is 3. The van der Waals surface area contributed by atoms with Crippen LogP contribution in [0.5, 0.6) is 0 Å². The molecule has 1 heterocycles. The number of nitrogens with two attached hydrogens (primary N) is 1. The molecule has 0 saturated carbocycles. The largest absolute Gasteiger partial charge is 0.399 e. The number of nitrogens with zero attached hydrogens (tertiary/aromatic N) is 2. The Bertz CT molecular complexity index is 733. The van der Waals surface area contributed by atoms with Gasteiger partial charge in [0.25, 0.3) is 0 Å². The van der Waals surface area contributed by atoms with Gasteiger partial charge in [0, 0.05) is 30.2 Å². The lowest BCUT2D eigenvalue weighted by Crippen LogP contribution is -2.32. The molecule has 1 unspecified atom stereocenters. The molecule has 0 bridgehead atoms. The zero-order valence-electron chi connectivity index (χ0n) is 12.1. The highest BCUT2D eigenvalue weighted by molar-refractivity contribution is 6.30. The van der Waals surface area contributed by atoms with Crippen LogP contribution in [-0.2, 0) is 12.6 Å². The Morgan fingerprint density at radius 2 is 1.59 bits per heavy atom. The Hall–Kier alpha value is -2.30. The molecule has 0 spiro atoms. The molecule has 3 rings (SSSR count). The lowest BCUT2D eigenvalue weighted by Gasteiger charge is -2.29. The molecule has 4 nitrogen and oxygen atoms in total. The maximum absolute atomic E-state index is 11.5. The van der Waals surface area contributed by atoms with Crippen molar-refractivity contribution < 1.29 is 5.11 Å². The Balaban J connectivity index is 2.24. The number of anilines is 1. The van der Waals surface area contributed by atoms with E-state index >= 15 is 0 Å². The zero-order chi connectivity index (χ0) is 15.7. The summed E-state index contributed by atoms with van der Waals surface area (Å²) in [7, 11) is 1.85. The van der Waals surface area contributed by atoms with Crippen molar-refractivity contribution in [3.05, 3.63) is 82.9 Å². The van der Waals surface area contributed by atoms with Crippen LogP contribution in [-0.4, -0.2) is 14.7 Å². The van der Waals surface area contributed by atoms with Gasteiger partial charge in [0.2, 0.25) is 0 Å². The second-order valence-corrected chi connectivity index (χ2v) is 5.64. The molecule has 0 aliphatic carbocycles. The molecule has 3 aromatic rings. The van der Waals surface area contributed by atoms with Gasteiger partial charge in [-0.05, 0) is 35.4 Å². The maximum Gasteiger partial charge on any atom is 0.173 e. The van der Waals surface area contributed by atoms with E-state index in [4.69, 9.17) is 17.3 Å². The first-order valence-corrected chi connectivity index (χ1v) is 7.22. The highest BCUT2D eigenvalue weighted by atomic mass is 35.5. The fourth-order valence-electron chi connectivity index (χ4n) is 2.55. The third-order valence-corrected chi connectivity index (χ3v) is 3.99. The summed E-state index contributed by atoms with van der Waals surface area (Å²) in [5.41, 5.74) is 6.40. The first-order chi connectivity index (χ1) is 10.5. The fourth-order valence-corrected chi connectivity index (χ4v) is 2.68. The molecule has 0 aliphatic rings. The molecular formula is C17H16ClN3O. The molecule has 2 aromatic carbocycles. The van der Waals surface area contributed by atoms with Gasteiger partial charge in [0.1, 0.15) is 5.82 Å². The smallest absolute Gasteiger partial charge is 0.173 e. The van der Waals surface area contributed by atoms with Crippen LogP contribution in [0.3, 0.4) is 0 Å². The molecule has 1 atom stereocenters. The second kappa shape index (κ2) is 5.48. The third-order valence-electron chi connectivity index (χ3n) is 3.74. The van der Waals surface area contributed by atoms with Crippen molar-refractivity contribution in [1.82, 2.24) is 9.55 Å². The Morgan fingerprint density at radius 1 is 1.05 bits per heavy atom. The molecule has 22 heavy (non-hydrogen) atoms. The number of benzene rings is 2. The van der Waals surface area contributed by atoms with Crippen molar-refractivity contribution in [2.75, 3.05) is 5.73 Å². The van der Waals surface area contributed by atoms with E-state index < -0.39 is 5.60 Å². The van der Waals surface area contributed by atoms with E-state index in [0.29, 0.717) is 27.7 Å². The Morgan fingerprint density at radius 3 is 2.09 bits per heavy atom. The van der Waals surface area contributed by atoms with Crippen LogP contribution in [0.2, 0.25) is 5.02 Å². The molecule has 3 N–H and O–H groups in total. The average Bonchev–Trinajstić information content (AvgIpc) is 2.94. The van der Waals surface area contributed by atoms with Crippen molar-refractivity contribution >= 4 is 17.3 Å². The molecule has 0 saturated heterocycles. The second-order valence-electron chi connectivity index (χ2n) is 5.20. The number of halogens is 1. The molecule has 0 amide bonds. The van der Waals surface area contributed by atoms with Crippen molar-refractivity contribution in [2.45, 2.75) is 5.60 Å². The van der Waals surface area contributed by atoms with Gasteiger partial charge in [0.05, 0.1) is 0 Å². The summed E-state index contributed by atoms with van der Waals surface area (Å²) < 4.78 is 1.80. The molecule has 5 heteroatoms. The summed E-state index contributed by atoms with van der Waals surface area (Å²) in [6.07, 6.45) is 3.46. The maximum atomic E-state index is 11.5. The molecule has 0 radical (unpaired) electrons. The van der Waals surface area contributed by atoms with Gasteiger partial charge < -0.3 is 15.4 Å². The predicted molar refractivity (Wildman–Crippen MR) is 87.6 cm³/mol. The lowest BCUT2D eigenvalue weighted by atomic mass is 9.85. The first kappa shape index (κ1) is 14.6. The normalized spacial score (nSPS) is 13.8. The minimum Gasteiger partial charge on any atom is -0.399 e. The van der Waals surface area contributed by atoms with Gasteiger partial charge in [-0.1, -0.05) is 35.9 Å². The van der Waals surface area contributed by atoms with Gasteiger partial charge in [-0.25, -0.2) is 4.98 Å². The van der Waals surface area contributed by atoms with E-state index in [1.54, 1.807) is 65.5 Å². The molecular weight excluding hydrogens is 298 g/mol. The highest BCUT2D eigenvalue weighted by Crippen LogP contribution is 2.36. The summed E-state index contributed by atoms with van der Waals surface area (Å²) in [5, 5.41) is 12.1. The topological polar surface area (TPSA) is 64.1 Å². The fraction of sp³-hybridized carbons (Fsp3) is 0.118. The van der Waals surface area contributed by atoms with E-state index in [1.807, 2.05) is 7.05 Å². The Labute approximate surface area is 133 Å². The number of hydrogen-bond donors (Lipinski definition) is 2. The minimum atomic E-state index is -1.38. The summed E-state index contributed by atoms with van der Waals surface area (Å²) >= 11 is 5.97. The van der Waals surface area contributed by atoms with Crippen LogP contribution in [0.1, 0.15) is 17.0 Å². The van der Waals surface area contributed by atoms with E-state index in [0.717, 1.165) is 0 Å². The van der Waals surface area contributed by atoms with E-state index in [1.165, 1.54) is 0 Å². The third kappa shape index (κ3) is 2.36. The zero-order valence-corrected chi connectivity index (χ0v) is 12.8. The van der Waals surface area contributed by atoms with Crippen LogP contribution < -0.4 is 5.73 Å². The minimum absolute atomic E-state index is 0.527. The number of aliphatic hydroxyl groups is 1. The Kier molecular flexibility index (Phi) is 3.64. The summed E-state index contributed by atoms with van der Waals surface area (Å²) in [5.74, 6) is 0.527. The van der Waals surface area contributed by atoms with Crippen molar-refractivity contribution in [3.63, 3.8) is 0 Å². The van der Waals surface area contributed by atoms with E-state index in [2.05, 4.69) is 4.98 Å². The summed E-state index contributed by atoms with van der Waals surface area (Å²) in [6.45, 7) is 0. The van der Waals surface area contributed by atoms with Gasteiger partial charge in [-0.2, -0.15) is 0 Å². The first-order valence-electron chi connectivity index (χ1n) is 6.84. The quantitative estimate of drug-likeness (QED) is 0.731. The van der Waals surface area contributed by atoms with Gasteiger partial charge in [0.15, 0.2) is 5.60 Å². The monoisotopic (exact) mass is 313 g/mol. The van der Waals surface area contributed by atoms with Crippen LogP contribution in [0.4, 0.5) is 5.69 Å². The molecule has 1 aromatic heterocycles. The van der Waals surface area contributed by atoms with E-state index in [-0.39, 0.29) is 0 Å². The molecule has 0 aliphatic heterocycles. The number of rotatable bonds is 3. The number of imidazole rings is 1. The average molecular weight is 314 g/mol. The van der Waals surface area contributed by atoms with Crippen molar-refractivity contribution in [1.29, 1.82) is 0 Å². The lowest BCUT2D eigenvalue weighted by molar-refractivity contribution is 0.112. The predicted octanol–water partition coefficient (Wildman–Crippen LogP) is 2.94. The standard InChI is InChI=1S/C17H16ClN3O/c1-21-11-10-20-16(21)17(22,12-2-6-14(18)7-3-12)13-4-8-15(19)9-5-13/h2-11,22H,19H2,1H3. The van der Waals surface area contributed by atoms with Gasteiger partial charge in [-0.15, -0.1) is 0 Å². The van der Waals surface area contributed by atoms with Crippen molar-refractivity contribution in [3.8, 4) is 0 Å². The summed E-state index contributed by atoms with van der Waals surface area (Å²) in [4.78, 5) is 4.33. The number of aromatic nitrogens is 2. The van der Waals surface area contributed by atoms with Crippen LogP contribution in [0.15, 0.2) is 60.9 Å². The van der Waals surface area contributed by atoms with Crippen molar-refractivity contribution in [2.24, 2.45) is 7.05 Å². The highest BCUT2D eigenvalue weighted by Gasteiger charge is 2.37. The number of aryl methyl sites for hydroxylation is 1. The van der Waals surface area contributed by atoms with Gasteiger partial charge >= 0.3 is 0 Å². The van der Waals surface area contributed by atoms with Crippen LogP contribution in [0, 0.1) is 0 Å². The molecule has 112 valence electrons. The van der Waals surface area contributed by atoms with Gasteiger partial charge in [-0.3, -0.25) is 0 Å². The summed E-state index contributed by atoms with van der Waals surface area (Å²) in [6, 6.07) is 14.2. The van der Waals surface area contributed by atoms with Crippen LogP contribution >= 0.6 is 11.6 Å². The van der Waals surface area contributed by atoms with Crippen LogP contribution in [0.25, 0.3) is 0 Å². The number of nitrogen functional groups attached to an aromatic ring is 1. The van der Waals surface area contributed by atoms with E-state index in [9.17, 15) is 5.11 Å². The SMILES string of the molecule is Cn1ccnc1C(O)(c1ccc(N)cc1)c1ccc(Cl)cc1. The molecule has 0 fully saturated rings.